The van der Waals surface area contributed by atoms with Gasteiger partial charge in [0.1, 0.15) is 0 Å². The second-order valence-corrected chi connectivity index (χ2v) is 3.37. The molecule has 0 aliphatic carbocycles. The molecule has 0 aromatic carbocycles. The molecule has 70 valence electrons. The van der Waals surface area contributed by atoms with Crippen LogP contribution in [0.15, 0.2) is 0 Å². The molecule has 1 amide bonds. The minimum absolute atomic E-state index is 0.164. The summed E-state index contributed by atoms with van der Waals surface area (Å²) < 4.78 is 5.37. The van der Waals surface area contributed by atoms with Crippen LogP contribution in [-0.2, 0) is 9.53 Å². The molecule has 0 unspecified atom stereocenters. The number of rotatable bonds is 1. The van der Waals surface area contributed by atoms with Crippen molar-refractivity contribution in [3.63, 3.8) is 0 Å². The maximum absolute atomic E-state index is 11.2. The zero-order chi connectivity index (χ0) is 9.14. The van der Waals surface area contributed by atoms with E-state index in [1.54, 1.807) is 6.92 Å². The van der Waals surface area contributed by atoms with Crippen LogP contribution >= 0.6 is 0 Å². The molecular formula is C9H17NO2. The number of ether oxygens (including phenoxy) is 1. The fourth-order valence-electron chi connectivity index (χ4n) is 1.78. The van der Waals surface area contributed by atoms with Crippen molar-refractivity contribution in [1.82, 2.24) is 4.90 Å². The molecule has 1 rings (SSSR count). The molecule has 12 heavy (non-hydrogen) atoms. The van der Waals surface area contributed by atoms with Gasteiger partial charge in [-0.15, -0.1) is 0 Å². The van der Waals surface area contributed by atoms with Gasteiger partial charge in [-0.3, -0.25) is 4.79 Å². The van der Waals surface area contributed by atoms with Crippen LogP contribution in [0.4, 0.5) is 0 Å². The molecule has 0 saturated carbocycles. The topological polar surface area (TPSA) is 29.5 Å². The van der Waals surface area contributed by atoms with E-state index in [2.05, 4.69) is 6.92 Å². The highest BCUT2D eigenvalue weighted by molar-refractivity contribution is 5.74. The average Bonchev–Trinajstić information content (AvgIpc) is 2.03. The second-order valence-electron chi connectivity index (χ2n) is 3.37. The number of amides is 1. The second kappa shape index (κ2) is 3.90. The number of hydrogen-bond acceptors (Lipinski definition) is 2. The molecule has 3 nitrogen and oxygen atoms in total. The fraction of sp³-hybridized carbons (Fsp3) is 0.889. The van der Waals surface area contributed by atoms with E-state index in [1.165, 1.54) is 0 Å². The van der Waals surface area contributed by atoms with Gasteiger partial charge in [-0.25, -0.2) is 0 Å². The molecule has 1 heterocycles. The Morgan fingerprint density at radius 3 is 2.67 bits per heavy atom. The third kappa shape index (κ3) is 1.78. The summed E-state index contributed by atoms with van der Waals surface area (Å²) in [5, 5.41) is 0. The first kappa shape index (κ1) is 9.52. The molecule has 0 spiro atoms. The number of carbonyl (C=O) groups excluding carboxylic acids is 1. The average molecular weight is 171 g/mol. The van der Waals surface area contributed by atoms with Crippen molar-refractivity contribution in [1.29, 1.82) is 0 Å². The standard InChI is InChI=1S/C9H17NO2/c1-4-9-6-12-5-7(2)10(9)8(3)11/h7,9H,4-6H2,1-3H3/t7-,9+/m1/s1. The Morgan fingerprint density at radius 1 is 1.58 bits per heavy atom. The van der Waals surface area contributed by atoms with E-state index in [4.69, 9.17) is 4.74 Å². The summed E-state index contributed by atoms with van der Waals surface area (Å²) in [5.74, 6) is 0.164. The van der Waals surface area contributed by atoms with Crippen LogP contribution in [0, 0.1) is 0 Å². The van der Waals surface area contributed by atoms with Crippen LogP contribution in [0.2, 0.25) is 0 Å². The van der Waals surface area contributed by atoms with Gasteiger partial charge in [0.15, 0.2) is 0 Å². The molecule has 0 aromatic rings. The van der Waals surface area contributed by atoms with Crippen LogP contribution in [0.1, 0.15) is 27.2 Å². The summed E-state index contributed by atoms with van der Waals surface area (Å²) in [6, 6.07) is 0.521. The number of hydrogen-bond donors (Lipinski definition) is 0. The normalized spacial score (nSPS) is 30.4. The van der Waals surface area contributed by atoms with Crippen LogP contribution in [0.3, 0.4) is 0 Å². The Kier molecular flexibility index (Phi) is 3.09. The largest absolute Gasteiger partial charge is 0.377 e. The highest BCUT2D eigenvalue weighted by atomic mass is 16.5. The summed E-state index contributed by atoms with van der Waals surface area (Å²) in [4.78, 5) is 13.2. The van der Waals surface area contributed by atoms with E-state index < -0.39 is 0 Å². The van der Waals surface area contributed by atoms with E-state index in [0.717, 1.165) is 6.42 Å². The predicted octanol–water partition coefficient (Wildman–Crippen LogP) is 1.03. The van der Waals surface area contributed by atoms with Gasteiger partial charge in [0, 0.05) is 6.92 Å². The van der Waals surface area contributed by atoms with E-state index in [-0.39, 0.29) is 18.0 Å². The highest BCUT2D eigenvalue weighted by Gasteiger charge is 2.28. The molecule has 1 aliphatic rings. The van der Waals surface area contributed by atoms with Crippen LogP contribution in [-0.4, -0.2) is 36.1 Å². The molecule has 1 aliphatic heterocycles. The van der Waals surface area contributed by atoms with Crippen molar-refractivity contribution < 1.29 is 9.53 Å². The zero-order valence-electron chi connectivity index (χ0n) is 8.04. The van der Waals surface area contributed by atoms with Crippen molar-refractivity contribution in [2.75, 3.05) is 13.2 Å². The maximum Gasteiger partial charge on any atom is 0.220 e. The number of carbonyl (C=O) groups is 1. The van der Waals surface area contributed by atoms with Crippen LogP contribution in [0.25, 0.3) is 0 Å². The van der Waals surface area contributed by atoms with Gasteiger partial charge >= 0.3 is 0 Å². The van der Waals surface area contributed by atoms with Gasteiger partial charge < -0.3 is 9.64 Å². The molecule has 2 atom stereocenters. The molecule has 3 heteroatoms. The fourth-order valence-corrected chi connectivity index (χ4v) is 1.78. The summed E-state index contributed by atoms with van der Waals surface area (Å²) >= 11 is 0. The minimum atomic E-state index is 0.164. The van der Waals surface area contributed by atoms with E-state index in [1.807, 2.05) is 11.8 Å². The van der Waals surface area contributed by atoms with Gasteiger partial charge in [0.2, 0.25) is 5.91 Å². The molecule has 1 fully saturated rings. The third-order valence-electron chi connectivity index (χ3n) is 2.37. The van der Waals surface area contributed by atoms with Crippen molar-refractivity contribution in [3.05, 3.63) is 0 Å². The Bertz CT molecular complexity index is 170. The predicted molar refractivity (Wildman–Crippen MR) is 46.9 cm³/mol. The summed E-state index contributed by atoms with van der Waals surface area (Å²) in [6.07, 6.45) is 0.976. The molecule has 0 N–H and O–H groups in total. The lowest BCUT2D eigenvalue weighted by Gasteiger charge is -2.39. The van der Waals surface area contributed by atoms with Crippen molar-refractivity contribution in [3.8, 4) is 0 Å². The summed E-state index contributed by atoms with van der Waals surface area (Å²) in [5.41, 5.74) is 0. The molecule has 0 aromatic heterocycles. The first-order valence-electron chi connectivity index (χ1n) is 4.53. The third-order valence-corrected chi connectivity index (χ3v) is 2.37. The first-order valence-corrected chi connectivity index (χ1v) is 4.53. The van der Waals surface area contributed by atoms with Crippen molar-refractivity contribution in [2.24, 2.45) is 0 Å². The van der Waals surface area contributed by atoms with E-state index in [9.17, 15) is 4.79 Å². The summed E-state index contributed by atoms with van der Waals surface area (Å²) in [6.45, 7) is 7.12. The van der Waals surface area contributed by atoms with Gasteiger partial charge in [0.05, 0.1) is 25.3 Å². The van der Waals surface area contributed by atoms with Gasteiger partial charge in [-0.1, -0.05) is 6.92 Å². The smallest absolute Gasteiger partial charge is 0.220 e. The van der Waals surface area contributed by atoms with Crippen molar-refractivity contribution in [2.45, 2.75) is 39.3 Å². The van der Waals surface area contributed by atoms with Crippen LogP contribution in [0.5, 0.6) is 0 Å². The monoisotopic (exact) mass is 171 g/mol. The Morgan fingerprint density at radius 2 is 2.25 bits per heavy atom. The van der Waals surface area contributed by atoms with Crippen LogP contribution < -0.4 is 0 Å². The van der Waals surface area contributed by atoms with E-state index in [0.29, 0.717) is 13.2 Å². The van der Waals surface area contributed by atoms with Gasteiger partial charge in [0.25, 0.3) is 0 Å². The lowest BCUT2D eigenvalue weighted by Crippen LogP contribution is -2.52. The highest BCUT2D eigenvalue weighted by Crippen LogP contribution is 2.15. The van der Waals surface area contributed by atoms with E-state index >= 15 is 0 Å². The van der Waals surface area contributed by atoms with Gasteiger partial charge in [-0.2, -0.15) is 0 Å². The lowest BCUT2D eigenvalue weighted by molar-refractivity contribution is -0.142. The van der Waals surface area contributed by atoms with Gasteiger partial charge in [-0.05, 0) is 13.3 Å². The maximum atomic E-state index is 11.2. The Hall–Kier alpha value is -0.570. The molecule has 0 radical (unpaired) electrons. The molecular weight excluding hydrogens is 154 g/mol. The first-order chi connectivity index (χ1) is 5.66. The zero-order valence-corrected chi connectivity index (χ0v) is 8.04. The minimum Gasteiger partial charge on any atom is -0.377 e. The molecule has 0 bridgehead atoms. The Balaban J connectivity index is 2.66. The Labute approximate surface area is 73.7 Å². The van der Waals surface area contributed by atoms with Crippen molar-refractivity contribution >= 4 is 5.91 Å². The SMILES string of the molecule is CC[C@H]1COC[C@@H](C)N1C(C)=O. The molecule has 1 saturated heterocycles. The summed E-state index contributed by atoms with van der Waals surface area (Å²) in [7, 11) is 0. The number of nitrogens with zero attached hydrogens (tertiary/aromatic N) is 1. The number of morpholine rings is 1. The lowest BCUT2D eigenvalue weighted by atomic mass is 10.1. The quantitative estimate of drug-likeness (QED) is 0.589.